The largest absolute Gasteiger partial charge is 0.486 e. The SMILES string of the molecule is CCC1CNc2cc(CC(C)NCCN(C)C)ccc2O1. The molecule has 0 aliphatic carbocycles. The second kappa shape index (κ2) is 7.66. The molecule has 0 saturated heterocycles. The van der Waals surface area contributed by atoms with E-state index in [0.29, 0.717) is 12.1 Å². The Bertz CT molecular complexity index is 448. The van der Waals surface area contributed by atoms with Crippen molar-refractivity contribution in [2.75, 3.05) is 39.0 Å². The molecule has 0 fully saturated rings. The van der Waals surface area contributed by atoms with Crippen molar-refractivity contribution in [3.63, 3.8) is 0 Å². The lowest BCUT2D eigenvalue weighted by atomic mass is 10.0. The van der Waals surface area contributed by atoms with Gasteiger partial charge < -0.3 is 20.3 Å². The second-order valence-corrected chi connectivity index (χ2v) is 6.22. The highest BCUT2D eigenvalue weighted by Gasteiger charge is 2.17. The Hall–Kier alpha value is -1.26. The van der Waals surface area contributed by atoms with E-state index in [9.17, 15) is 0 Å². The summed E-state index contributed by atoms with van der Waals surface area (Å²) in [7, 11) is 4.20. The summed E-state index contributed by atoms with van der Waals surface area (Å²) in [5.41, 5.74) is 2.49. The van der Waals surface area contributed by atoms with Crippen molar-refractivity contribution >= 4 is 5.69 Å². The molecule has 4 heteroatoms. The molecule has 1 heterocycles. The summed E-state index contributed by atoms with van der Waals surface area (Å²) in [5, 5.41) is 7.05. The zero-order valence-electron chi connectivity index (χ0n) is 13.8. The summed E-state index contributed by atoms with van der Waals surface area (Å²) in [6, 6.07) is 7.00. The van der Waals surface area contributed by atoms with Crippen molar-refractivity contribution in [3.05, 3.63) is 23.8 Å². The quantitative estimate of drug-likeness (QED) is 0.808. The molecule has 0 bridgehead atoms. The third kappa shape index (κ3) is 4.90. The molecule has 0 aromatic heterocycles. The number of anilines is 1. The van der Waals surface area contributed by atoms with Crippen LogP contribution in [0.2, 0.25) is 0 Å². The van der Waals surface area contributed by atoms with Crippen LogP contribution in [0.25, 0.3) is 0 Å². The topological polar surface area (TPSA) is 36.5 Å². The van der Waals surface area contributed by atoms with E-state index in [2.05, 4.69) is 61.7 Å². The molecular weight excluding hydrogens is 262 g/mol. The minimum absolute atomic E-state index is 0.301. The lowest BCUT2D eigenvalue weighted by Gasteiger charge is -2.27. The number of benzene rings is 1. The third-order valence-electron chi connectivity index (χ3n) is 3.91. The Morgan fingerprint density at radius 2 is 2.24 bits per heavy atom. The maximum Gasteiger partial charge on any atom is 0.142 e. The zero-order valence-corrected chi connectivity index (χ0v) is 13.8. The molecule has 0 amide bonds. The van der Waals surface area contributed by atoms with Gasteiger partial charge in [-0.25, -0.2) is 0 Å². The van der Waals surface area contributed by atoms with Crippen LogP contribution < -0.4 is 15.4 Å². The van der Waals surface area contributed by atoms with Crippen LogP contribution in [-0.2, 0) is 6.42 Å². The summed E-state index contributed by atoms with van der Waals surface area (Å²) < 4.78 is 5.95. The summed E-state index contributed by atoms with van der Waals surface area (Å²) in [4.78, 5) is 2.20. The van der Waals surface area contributed by atoms with E-state index in [0.717, 1.165) is 43.9 Å². The number of hydrogen-bond donors (Lipinski definition) is 2. The Labute approximate surface area is 128 Å². The Kier molecular flexibility index (Phi) is 5.88. The minimum Gasteiger partial charge on any atom is -0.486 e. The van der Waals surface area contributed by atoms with Crippen molar-refractivity contribution in [1.82, 2.24) is 10.2 Å². The molecule has 2 rings (SSSR count). The first-order valence-electron chi connectivity index (χ1n) is 8.00. The van der Waals surface area contributed by atoms with Crippen molar-refractivity contribution in [2.45, 2.75) is 38.8 Å². The predicted octanol–water partition coefficient (Wildman–Crippen LogP) is 2.35. The highest BCUT2D eigenvalue weighted by molar-refractivity contribution is 5.59. The van der Waals surface area contributed by atoms with Gasteiger partial charge in [-0.05, 0) is 51.6 Å². The van der Waals surface area contributed by atoms with Crippen LogP contribution in [0.1, 0.15) is 25.8 Å². The number of nitrogens with zero attached hydrogens (tertiary/aromatic N) is 1. The van der Waals surface area contributed by atoms with E-state index in [1.165, 1.54) is 5.56 Å². The highest BCUT2D eigenvalue weighted by atomic mass is 16.5. The fourth-order valence-corrected chi connectivity index (χ4v) is 2.58. The van der Waals surface area contributed by atoms with Gasteiger partial charge in [0.15, 0.2) is 0 Å². The standard InChI is InChI=1S/C17H29N3O/c1-5-15-12-19-16-11-14(6-7-17(16)21-15)10-13(2)18-8-9-20(3)4/h6-7,11,13,15,18-19H,5,8-10,12H2,1-4H3. The van der Waals surface area contributed by atoms with E-state index in [-0.39, 0.29) is 0 Å². The van der Waals surface area contributed by atoms with Gasteiger partial charge in [0.2, 0.25) is 0 Å². The van der Waals surface area contributed by atoms with E-state index in [4.69, 9.17) is 4.74 Å². The molecule has 1 aromatic rings. The normalized spacial score (nSPS) is 18.8. The van der Waals surface area contributed by atoms with E-state index in [1.807, 2.05) is 0 Å². The number of ether oxygens (including phenoxy) is 1. The highest BCUT2D eigenvalue weighted by Crippen LogP contribution is 2.30. The van der Waals surface area contributed by atoms with Gasteiger partial charge in [0.1, 0.15) is 11.9 Å². The number of likely N-dealkylation sites (N-methyl/N-ethyl adjacent to an activating group) is 1. The van der Waals surface area contributed by atoms with Crippen LogP contribution in [-0.4, -0.2) is 50.8 Å². The molecule has 2 N–H and O–H groups in total. The summed E-state index contributed by atoms with van der Waals surface area (Å²) in [6.07, 6.45) is 2.38. The van der Waals surface area contributed by atoms with E-state index in [1.54, 1.807) is 0 Å². The van der Waals surface area contributed by atoms with Gasteiger partial charge in [0.05, 0.1) is 12.2 Å². The molecule has 1 aliphatic heterocycles. The fourth-order valence-electron chi connectivity index (χ4n) is 2.58. The average Bonchev–Trinajstić information content (AvgIpc) is 2.46. The number of fused-ring (bicyclic) bond motifs is 1. The molecule has 0 saturated carbocycles. The van der Waals surface area contributed by atoms with E-state index >= 15 is 0 Å². The second-order valence-electron chi connectivity index (χ2n) is 6.22. The van der Waals surface area contributed by atoms with Crippen LogP contribution >= 0.6 is 0 Å². The van der Waals surface area contributed by atoms with E-state index < -0.39 is 0 Å². The third-order valence-corrected chi connectivity index (χ3v) is 3.91. The maximum atomic E-state index is 5.95. The number of nitrogens with one attached hydrogen (secondary N) is 2. The van der Waals surface area contributed by atoms with Gasteiger partial charge in [0, 0.05) is 19.1 Å². The molecule has 0 spiro atoms. The van der Waals surface area contributed by atoms with Gasteiger partial charge in [-0.3, -0.25) is 0 Å². The van der Waals surface area contributed by atoms with Crippen molar-refractivity contribution in [3.8, 4) is 5.75 Å². The molecule has 21 heavy (non-hydrogen) atoms. The van der Waals surface area contributed by atoms with Crippen LogP contribution in [0.3, 0.4) is 0 Å². The molecule has 4 nitrogen and oxygen atoms in total. The average molecular weight is 291 g/mol. The van der Waals surface area contributed by atoms with Gasteiger partial charge in [-0.1, -0.05) is 13.0 Å². The molecule has 2 unspecified atom stereocenters. The first kappa shape index (κ1) is 16.1. The molecule has 0 radical (unpaired) electrons. The number of hydrogen-bond acceptors (Lipinski definition) is 4. The fraction of sp³-hybridized carbons (Fsp3) is 0.647. The molecule has 1 aromatic carbocycles. The predicted molar refractivity (Wildman–Crippen MR) is 89.4 cm³/mol. The molecule has 1 aliphatic rings. The molecular formula is C17H29N3O. The first-order valence-corrected chi connectivity index (χ1v) is 8.00. The molecule has 2 atom stereocenters. The number of rotatable bonds is 7. The van der Waals surface area contributed by atoms with Gasteiger partial charge in [-0.2, -0.15) is 0 Å². The maximum absolute atomic E-state index is 5.95. The smallest absolute Gasteiger partial charge is 0.142 e. The summed E-state index contributed by atoms with van der Waals surface area (Å²) >= 11 is 0. The summed E-state index contributed by atoms with van der Waals surface area (Å²) in [6.45, 7) is 7.41. The lowest BCUT2D eigenvalue weighted by molar-refractivity contribution is 0.202. The molecule has 118 valence electrons. The van der Waals surface area contributed by atoms with Gasteiger partial charge >= 0.3 is 0 Å². The Morgan fingerprint density at radius 1 is 1.43 bits per heavy atom. The first-order chi connectivity index (χ1) is 10.1. The van der Waals surface area contributed by atoms with Crippen LogP contribution in [0, 0.1) is 0 Å². The Morgan fingerprint density at radius 3 is 2.95 bits per heavy atom. The van der Waals surface area contributed by atoms with Crippen molar-refractivity contribution in [1.29, 1.82) is 0 Å². The van der Waals surface area contributed by atoms with Gasteiger partial charge in [0.25, 0.3) is 0 Å². The van der Waals surface area contributed by atoms with Crippen LogP contribution in [0.5, 0.6) is 5.75 Å². The monoisotopic (exact) mass is 291 g/mol. The van der Waals surface area contributed by atoms with Gasteiger partial charge in [-0.15, -0.1) is 0 Å². The Balaban J connectivity index is 1.87. The zero-order chi connectivity index (χ0) is 15.2. The summed E-state index contributed by atoms with van der Waals surface area (Å²) in [5.74, 6) is 0.991. The van der Waals surface area contributed by atoms with Crippen molar-refractivity contribution < 1.29 is 4.74 Å². The lowest BCUT2D eigenvalue weighted by Crippen LogP contribution is -2.34. The van der Waals surface area contributed by atoms with Crippen LogP contribution in [0.15, 0.2) is 18.2 Å². The minimum atomic E-state index is 0.301. The van der Waals surface area contributed by atoms with Crippen molar-refractivity contribution in [2.24, 2.45) is 0 Å². The van der Waals surface area contributed by atoms with Crippen LogP contribution in [0.4, 0.5) is 5.69 Å².